The first-order valence-corrected chi connectivity index (χ1v) is 6.38. The highest BCUT2D eigenvalue weighted by Gasteiger charge is 2.18. The van der Waals surface area contributed by atoms with Gasteiger partial charge < -0.3 is 10.5 Å². The molecule has 10 heteroatoms. The molecule has 0 saturated carbocycles. The Morgan fingerprint density at radius 2 is 2.38 bits per heavy atom. The van der Waals surface area contributed by atoms with Crippen molar-refractivity contribution in [2.75, 3.05) is 12.0 Å². The van der Waals surface area contributed by atoms with Crippen LogP contribution in [0.3, 0.4) is 0 Å². The lowest BCUT2D eigenvalue weighted by Crippen LogP contribution is -2.22. The number of rotatable bonds is 6. The SMILES string of the molecule is CCOc1cc(N/N=C(\C#N)C(=N)N)c([N+](=O)[O-])cc1Br. The number of halogens is 1. The van der Waals surface area contributed by atoms with Gasteiger partial charge in [-0.3, -0.25) is 20.9 Å². The minimum Gasteiger partial charge on any atom is -0.493 e. The number of nitrogens with one attached hydrogen (secondary N) is 2. The van der Waals surface area contributed by atoms with E-state index in [0.29, 0.717) is 16.8 Å². The zero-order chi connectivity index (χ0) is 16.0. The molecule has 0 aliphatic rings. The molecule has 1 aromatic carbocycles. The van der Waals surface area contributed by atoms with E-state index in [-0.39, 0.29) is 17.1 Å². The number of nitriles is 1. The summed E-state index contributed by atoms with van der Waals surface area (Å²) in [5.41, 5.74) is 6.85. The Balaban J connectivity index is 3.26. The van der Waals surface area contributed by atoms with Crippen molar-refractivity contribution < 1.29 is 9.66 Å². The van der Waals surface area contributed by atoms with Gasteiger partial charge in [0.15, 0.2) is 5.84 Å². The van der Waals surface area contributed by atoms with Crippen LogP contribution in [0.25, 0.3) is 0 Å². The lowest BCUT2D eigenvalue weighted by molar-refractivity contribution is -0.384. The minimum absolute atomic E-state index is 0.0145. The van der Waals surface area contributed by atoms with Crippen molar-refractivity contribution >= 4 is 38.9 Å². The Hall–Kier alpha value is -2.67. The highest BCUT2D eigenvalue weighted by molar-refractivity contribution is 9.10. The van der Waals surface area contributed by atoms with Crippen molar-refractivity contribution in [1.82, 2.24) is 0 Å². The van der Waals surface area contributed by atoms with Crippen LogP contribution in [-0.2, 0) is 0 Å². The van der Waals surface area contributed by atoms with Crippen LogP contribution in [-0.4, -0.2) is 23.1 Å². The molecule has 0 fully saturated rings. The Labute approximate surface area is 128 Å². The molecule has 21 heavy (non-hydrogen) atoms. The summed E-state index contributed by atoms with van der Waals surface area (Å²) in [5, 5.41) is 30.4. The Morgan fingerprint density at radius 1 is 1.71 bits per heavy atom. The first-order chi connectivity index (χ1) is 9.90. The molecule has 110 valence electrons. The molecule has 0 spiro atoms. The average Bonchev–Trinajstić information content (AvgIpc) is 2.42. The molecule has 0 amide bonds. The summed E-state index contributed by atoms with van der Waals surface area (Å²) in [6.45, 7) is 2.14. The van der Waals surface area contributed by atoms with E-state index < -0.39 is 10.8 Å². The number of ether oxygens (including phenoxy) is 1. The van der Waals surface area contributed by atoms with Gasteiger partial charge in [0.05, 0.1) is 16.0 Å². The fourth-order valence-electron chi connectivity index (χ4n) is 1.31. The van der Waals surface area contributed by atoms with E-state index in [1.165, 1.54) is 12.1 Å². The minimum atomic E-state index is -0.613. The number of anilines is 1. The third kappa shape index (κ3) is 4.15. The van der Waals surface area contributed by atoms with Crippen molar-refractivity contribution in [2.24, 2.45) is 10.8 Å². The van der Waals surface area contributed by atoms with Gasteiger partial charge >= 0.3 is 0 Å². The smallest absolute Gasteiger partial charge is 0.295 e. The number of nitrogens with zero attached hydrogens (tertiary/aromatic N) is 3. The summed E-state index contributed by atoms with van der Waals surface area (Å²) >= 11 is 3.17. The molecule has 0 atom stereocenters. The average molecular weight is 355 g/mol. The molecule has 0 bridgehead atoms. The number of hydrogen-bond donors (Lipinski definition) is 3. The second kappa shape index (κ2) is 7.20. The van der Waals surface area contributed by atoms with E-state index in [9.17, 15) is 10.1 Å². The van der Waals surface area contributed by atoms with Gasteiger partial charge in [-0.1, -0.05) is 0 Å². The summed E-state index contributed by atoms with van der Waals surface area (Å²) in [6, 6.07) is 4.22. The van der Waals surface area contributed by atoms with Crippen LogP contribution in [0.2, 0.25) is 0 Å². The maximum Gasteiger partial charge on any atom is 0.295 e. The fraction of sp³-hybridized carbons (Fsp3) is 0.182. The van der Waals surface area contributed by atoms with Gasteiger partial charge in [0.1, 0.15) is 17.5 Å². The van der Waals surface area contributed by atoms with Crippen LogP contribution < -0.4 is 15.9 Å². The van der Waals surface area contributed by atoms with Gasteiger partial charge in [-0.25, -0.2) is 0 Å². The molecular weight excluding hydrogens is 344 g/mol. The zero-order valence-corrected chi connectivity index (χ0v) is 12.5. The molecule has 0 saturated heterocycles. The van der Waals surface area contributed by atoms with Crippen molar-refractivity contribution in [3.8, 4) is 11.8 Å². The number of amidine groups is 1. The lowest BCUT2D eigenvalue weighted by atomic mass is 10.2. The monoisotopic (exact) mass is 354 g/mol. The maximum absolute atomic E-state index is 11.0. The third-order valence-electron chi connectivity index (χ3n) is 2.20. The summed E-state index contributed by atoms with van der Waals surface area (Å²) in [5.74, 6) is -0.170. The van der Waals surface area contributed by atoms with Crippen molar-refractivity contribution in [2.45, 2.75) is 6.92 Å². The topological polar surface area (TPSA) is 150 Å². The predicted octanol–water partition coefficient (Wildman–Crippen LogP) is 1.98. The van der Waals surface area contributed by atoms with Gasteiger partial charge in [0.25, 0.3) is 5.69 Å². The van der Waals surface area contributed by atoms with Crippen LogP contribution in [0.15, 0.2) is 21.7 Å². The molecule has 4 N–H and O–H groups in total. The highest BCUT2D eigenvalue weighted by Crippen LogP contribution is 2.36. The number of nitrogens with two attached hydrogens (primary N) is 1. The second-order valence-corrected chi connectivity index (χ2v) is 4.44. The number of benzene rings is 1. The lowest BCUT2D eigenvalue weighted by Gasteiger charge is -2.09. The summed E-state index contributed by atoms with van der Waals surface area (Å²) in [4.78, 5) is 10.4. The first kappa shape index (κ1) is 16.4. The molecule has 9 nitrogen and oxygen atoms in total. The molecular formula is C11H11BrN6O3. The van der Waals surface area contributed by atoms with Crippen molar-refractivity contribution in [3.63, 3.8) is 0 Å². The second-order valence-electron chi connectivity index (χ2n) is 3.59. The number of nitro groups is 1. The number of hydrazone groups is 1. The quantitative estimate of drug-likeness (QED) is 0.307. The Morgan fingerprint density at radius 3 is 2.86 bits per heavy atom. The largest absolute Gasteiger partial charge is 0.493 e. The van der Waals surface area contributed by atoms with E-state index in [4.69, 9.17) is 21.1 Å². The summed E-state index contributed by atoms with van der Waals surface area (Å²) in [7, 11) is 0. The van der Waals surface area contributed by atoms with Crippen LogP contribution in [0.5, 0.6) is 5.75 Å². The maximum atomic E-state index is 11.0. The normalized spacial score (nSPS) is 10.6. The van der Waals surface area contributed by atoms with Crippen molar-refractivity contribution in [3.05, 3.63) is 26.7 Å². The van der Waals surface area contributed by atoms with Gasteiger partial charge in [-0.05, 0) is 22.9 Å². The molecule has 1 aromatic rings. The van der Waals surface area contributed by atoms with Crippen LogP contribution in [0, 0.1) is 26.9 Å². The number of hydrogen-bond acceptors (Lipinski definition) is 7. The van der Waals surface area contributed by atoms with E-state index in [1.807, 2.05) is 0 Å². The molecule has 0 aliphatic carbocycles. The van der Waals surface area contributed by atoms with E-state index >= 15 is 0 Å². The predicted molar refractivity (Wildman–Crippen MR) is 80.6 cm³/mol. The number of nitro benzene ring substituents is 1. The van der Waals surface area contributed by atoms with E-state index in [2.05, 4.69) is 26.5 Å². The Kier molecular flexibility index (Phi) is 5.62. The van der Waals surface area contributed by atoms with Gasteiger partial charge in [0.2, 0.25) is 5.71 Å². The van der Waals surface area contributed by atoms with Gasteiger partial charge in [-0.2, -0.15) is 10.4 Å². The Bertz CT molecular complexity index is 652. The molecule has 0 unspecified atom stereocenters. The van der Waals surface area contributed by atoms with E-state index in [1.54, 1.807) is 13.0 Å². The zero-order valence-electron chi connectivity index (χ0n) is 10.9. The standard InChI is InChI=1S/C11H11BrN6O3/c1-2-21-10-4-7(9(18(19)20)3-6(10)12)16-17-8(5-13)11(14)15/h3-4,16H,2H2,1H3,(H3,14,15)/b17-8+. The molecule has 0 aliphatic heterocycles. The molecule has 0 heterocycles. The first-order valence-electron chi connectivity index (χ1n) is 5.59. The van der Waals surface area contributed by atoms with Gasteiger partial charge in [0, 0.05) is 12.1 Å². The fourth-order valence-corrected chi connectivity index (χ4v) is 1.76. The summed E-state index contributed by atoms with van der Waals surface area (Å²) in [6.07, 6.45) is 0. The third-order valence-corrected chi connectivity index (χ3v) is 2.82. The van der Waals surface area contributed by atoms with E-state index in [0.717, 1.165) is 0 Å². The molecule has 1 rings (SSSR count). The van der Waals surface area contributed by atoms with Crippen molar-refractivity contribution in [1.29, 1.82) is 10.7 Å². The van der Waals surface area contributed by atoms with Gasteiger partial charge in [-0.15, -0.1) is 0 Å². The summed E-state index contributed by atoms with van der Waals surface area (Å²) < 4.78 is 5.72. The molecule has 0 aromatic heterocycles. The van der Waals surface area contributed by atoms with Crippen LogP contribution in [0.4, 0.5) is 11.4 Å². The highest BCUT2D eigenvalue weighted by atomic mass is 79.9. The van der Waals surface area contributed by atoms with Crippen LogP contribution >= 0.6 is 15.9 Å². The van der Waals surface area contributed by atoms with Crippen LogP contribution in [0.1, 0.15) is 6.92 Å². The molecule has 0 radical (unpaired) electrons.